The molecule has 0 fully saturated rings. The molecule has 1 aliphatic rings. The number of unbranched alkanes of at least 4 members (excludes halogenated alkanes) is 3. The largest absolute Gasteiger partial charge is 0.458 e. The molecule has 0 radical (unpaired) electrons. The minimum absolute atomic E-state index is 0.0890. The Hall–Kier alpha value is -0.830. The van der Waals surface area contributed by atoms with Gasteiger partial charge in [-0.2, -0.15) is 0 Å². The molecule has 2 atom stereocenters. The van der Waals surface area contributed by atoms with E-state index in [1.807, 2.05) is 12.2 Å². The van der Waals surface area contributed by atoms with Crippen molar-refractivity contribution in [1.29, 1.82) is 0 Å². The number of ether oxygens (including phenoxy) is 1. The summed E-state index contributed by atoms with van der Waals surface area (Å²) in [5, 5.41) is 9.93. The molecule has 0 amide bonds. The van der Waals surface area contributed by atoms with Gasteiger partial charge < -0.3 is 9.84 Å². The Labute approximate surface area is 129 Å². The first-order valence-electron chi connectivity index (χ1n) is 8.78. The standard InChI is InChI=1S/C18H32O3/c1-2-3-4-9-12-17-15-14-16(19)11-8-6-5-7-10-13-18(20)21-17/h14-17,19H,2-13H2,1H3/b15-14+/t16-,17+/m0/s1. The number of hydrogen-bond acceptors (Lipinski definition) is 3. The first-order valence-corrected chi connectivity index (χ1v) is 8.78. The molecule has 0 aromatic rings. The SMILES string of the molecule is CCCCCC[C@@H]1/C=C/[C@@H](O)CCCCCCCC(=O)O1. The summed E-state index contributed by atoms with van der Waals surface area (Å²) in [6, 6.07) is 0. The highest BCUT2D eigenvalue weighted by atomic mass is 16.5. The van der Waals surface area contributed by atoms with E-state index in [2.05, 4.69) is 6.92 Å². The van der Waals surface area contributed by atoms with Gasteiger partial charge in [0.2, 0.25) is 0 Å². The maximum Gasteiger partial charge on any atom is 0.306 e. The molecule has 0 aromatic carbocycles. The Morgan fingerprint density at radius 2 is 1.86 bits per heavy atom. The summed E-state index contributed by atoms with van der Waals surface area (Å²) in [5.41, 5.74) is 0. The van der Waals surface area contributed by atoms with Gasteiger partial charge in [-0.05, 0) is 31.8 Å². The first kappa shape index (κ1) is 18.2. The molecular weight excluding hydrogens is 264 g/mol. The normalized spacial score (nSPS) is 27.0. The molecule has 122 valence electrons. The number of carbonyl (C=O) groups is 1. The predicted octanol–water partition coefficient (Wildman–Crippen LogP) is 4.53. The van der Waals surface area contributed by atoms with E-state index in [4.69, 9.17) is 4.74 Å². The van der Waals surface area contributed by atoms with E-state index in [-0.39, 0.29) is 12.1 Å². The van der Waals surface area contributed by atoms with Crippen molar-refractivity contribution in [2.24, 2.45) is 0 Å². The van der Waals surface area contributed by atoms with Crippen molar-refractivity contribution in [3.63, 3.8) is 0 Å². The molecule has 0 bridgehead atoms. The summed E-state index contributed by atoms with van der Waals surface area (Å²) in [6.07, 6.45) is 15.4. The molecule has 0 saturated heterocycles. The van der Waals surface area contributed by atoms with Crippen LogP contribution in [0.25, 0.3) is 0 Å². The third kappa shape index (κ3) is 9.67. The topological polar surface area (TPSA) is 46.5 Å². The average Bonchev–Trinajstić information content (AvgIpc) is 2.48. The zero-order valence-corrected chi connectivity index (χ0v) is 13.6. The maximum absolute atomic E-state index is 11.8. The minimum Gasteiger partial charge on any atom is -0.458 e. The third-order valence-corrected chi connectivity index (χ3v) is 4.05. The van der Waals surface area contributed by atoms with Crippen LogP contribution in [0.3, 0.4) is 0 Å². The van der Waals surface area contributed by atoms with Crippen molar-refractivity contribution in [2.75, 3.05) is 0 Å². The molecule has 0 aromatic heterocycles. The highest BCUT2D eigenvalue weighted by Gasteiger charge is 2.12. The Balaban J connectivity index is 2.49. The number of aliphatic hydroxyl groups is 1. The lowest BCUT2D eigenvalue weighted by atomic mass is 10.1. The van der Waals surface area contributed by atoms with Gasteiger partial charge >= 0.3 is 5.97 Å². The monoisotopic (exact) mass is 296 g/mol. The summed E-state index contributed by atoms with van der Waals surface area (Å²) in [7, 11) is 0. The number of aliphatic hydroxyl groups excluding tert-OH is 1. The third-order valence-electron chi connectivity index (χ3n) is 4.05. The minimum atomic E-state index is -0.400. The van der Waals surface area contributed by atoms with Crippen LogP contribution in [0.5, 0.6) is 0 Å². The molecule has 1 heterocycles. The highest BCUT2D eigenvalue weighted by molar-refractivity contribution is 5.69. The second-order valence-corrected chi connectivity index (χ2v) is 6.14. The second-order valence-electron chi connectivity index (χ2n) is 6.14. The van der Waals surface area contributed by atoms with Crippen LogP contribution in [0.4, 0.5) is 0 Å². The molecule has 0 saturated carbocycles. The van der Waals surface area contributed by atoms with Crippen molar-refractivity contribution in [1.82, 2.24) is 0 Å². The fourth-order valence-corrected chi connectivity index (χ4v) is 2.70. The molecular formula is C18H32O3. The van der Waals surface area contributed by atoms with E-state index in [1.54, 1.807) is 0 Å². The van der Waals surface area contributed by atoms with E-state index in [0.29, 0.717) is 6.42 Å². The molecule has 1 aliphatic heterocycles. The molecule has 0 unspecified atom stereocenters. The van der Waals surface area contributed by atoms with Crippen LogP contribution in [0.1, 0.15) is 84.0 Å². The molecule has 1 rings (SSSR count). The van der Waals surface area contributed by atoms with Crippen LogP contribution < -0.4 is 0 Å². The fourth-order valence-electron chi connectivity index (χ4n) is 2.70. The van der Waals surface area contributed by atoms with E-state index >= 15 is 0 Å². The van der Waals surface area contributed by atoms with Crippen LogP contribution in [0, 0.1) is 0 Å². The second kappa shape index (κ2) is 11.8. The zero-order valence-electron chi connectivity index (χ0n) is 13.6. The Morgan fingerprint density at radius 3 is 2.67 bits per heavy atom. The predicted molar refractivity (Wildman–Crippen MR) is 86.1 cm³/mol. The summed E-state index contributed by atoms with van der Waals surface area (Å²) in [5.74, 6) is -0.0890. The van der Waals surface area contributed by atoms with Gasteiger partial charge in [0.15, 0.2) is 0 Å². The number of cyclic esters (lactones) is 1. The zero-order chi connectivity index (χ0) is 15.3. The average molecular weight is 296 g/mol. The van der Waals surface area contributed by atoms with Gasteiger partial charge in [0.1, 0.15) is 6.10 Å². The number of rotatable bonds is 5. The van der Waals surface area contributed by atoms with Gasteiger partial charge in [0.05, 0.1) is 6.10 Å². The lowest BCUT2D eigenvalue weighted by Gasteiger charge is -2.15. The lowest BCUT2D eigenvalue weighted by molar-refractivity contribution is -0.147. The molecule has 1 N–H and O–H groups in total. The van der Waals surface area contributed by atoms with Crippen LogP contribution in [-0.2, 0) is 9.53 Å². The Morgan fingerprint density at radius 1 is 1.10 bits per heavy atom. The molecule has 0 aliphatic carbocycles. The first-order chi connectivity index (χ1) is 10.2. The lowest BCUT2D eigenvalue weighted by Crippen LogP contribution is -2.17. The van der Waals surface area contributed by atoms with E-state index in [0.717, 1.165) is 51.4 Å². The van der Waals surface area contributed by atoms with Crippen molar-refractivity contribution < 1.29 is 14.6 Å². The van der Waals surface area contributed by atoms with Gasteiger partial charge in [-0.25, -0.2) is 0 Å². The summed E-state index contributed by atoms with van der Waals surface area (Å²) < 4.78 is 5.56. The number of hydrogen-bond donors (Lipinski definition) is 1. The van der Waals surface area contributed by atoms with Gasteiger partial charge in [0.25, 0.3) is 0 Å². The number of esters is 1. The van der Waals surface area contributed by atoms with Crippen molar-refractivity contribution in [3.05, 3.63) is 12.2 Å². The molecule has 0 spiro atoms. The van der Waals surface area contributed by atoms with Crippen molar-refractivity contribution in [2.45, 2.75) is 96.2 Å². The fraction of sp³-hybridized carbons (Fsp3) is 0.833. The Bertz CT molecular complexity index is 299. The van der Waals surface area contributed by atoms with E-state index in [9.17, 15) is 9.90 Å². The summed E-state index contributed by atoms with van der Waals surface area (Å²) >= 11 is 0. The molecule has 3 nitrogen and oxygen atoms in total. The van der Waals surface area contributed by atoms with Gasteiger partial charge in [-0.15, -0.1) is 0 Å². The van der Waals surface area contributed by atoms with Gasteiger partial charge in [-0.1, -0.05) is 57.9 Å². The number of carbonyl (C=O) groups excluding carboxylic acids is 1. The van der Waals surface area contributed by atoms with Crippen LogP contribution >= 0.6 is 0 Å². The van der Waals surface area contributed by atoms with Crippen molar-refractivity contribution in [3.8, 4) is 0 Å². The smallest absolute Gasteiger partial charge is 0.306 e. The summed E-state index contributed by atoms with van der Waals surface area (Å²) in [4.78, 5) is 11.8. The van der Waals surface area contributed by atoms with Crippen LogP contribution in [0.15, 0.2) is 12.2 Å². The molecule has 21 heavy (non-hydrogen) atoms. The van der Waals surface area contributed by atoms with E-state index < -0.39 is 6.10 Å². The van der Waals surface area contributed by atoms with Crippen LogP contribution in [0.2, 0.25) is 0 Å². The molecule has 3 heteroatoms. The van der Waals surface area contributed by atoms with Crippen molar-refractivity contribution >= 4 is 5.97 Å². The Kier molecular flexibility index (Phi) is 10.2. The quantitative estimate of drug-likeness (QED) is 0.460. The van der Waals surface area contributed by atoms with Gasteiger partial charge in [0, 0.05) is 6.42 Å². The maximum atomic E-state index is 11.8. The highest BCUT2D eigenvalue weighted by Crippen LogP contribution is 2.15. The van der Waals surface area contributed by atoms with Gasteiger partial charge in [-0.3, -0.25) is 4.79 Å². The van der Waals surface area contributed by atoms with Crippen LogP contribution in [-0.4, -0.2) is 23.3 Å². The summed E-state index contributed by atoms with van der Waals surface area (Å²) in [6.45, 7) is 2.19. The van der Waals surface area contributed by atoms with E-state index in [1.165, 1.54) is 19.3 Å².